The minimum Gasteiger partial charge on any atom is -0.481 e. The fourth-order valence-corrected chi connectivity index (χ4v) is 2.61. The first kappa shape index (κ1) is 13.4. The van der Waals surface area contributed by atoms with Crippen LogP contribution in [0.15, 0.2) is 48.7 Å². The van der Waals surface area contributed by atoms with Gasteiger partial charge >= 0.3 is 5.97 Å². The van der Waals surface area contributed by atoms with Crippen LogP contribution in [0.5, 0.6) is 0 Å². The number of para-hydroxylation sites is 1. The zero-order chi connectivity index (χ0) is 14.7. The number of aliphatic carboxylic acids is 1. The lowest BCUT2D eigenvalue weighted by molar-refractivity contribution is -0.137. The normalized spacial score (nSPS) is 10.9. The Bertz CT molecular complexity index is 763. The van der Waals surface area contributed by atoms with Gasteiger partial charge in [0.1, 0.15) is 0 Å². The Labute approximate surface area is 122 Å². The summed E-state index contributed by atoms with van der Waals surface area (Å²) >= 11 is 0. The molecule has 3 aromatic rings. The number of carbonyl (C=O) groups is 1. The summed E-state index contributed by atoms with van der Waals surface area (Å²) in [4.78, 5) is 18.5. The molecule has 0 amide bonds. The standard InChI is InChI=1S/C17H16N2O2/c20-16(21)10-5-7-13-12-6-1-2-8-14(12)19-17(13)15-9-3-4-11-18-15/h1-4,6,8-9,11,19H,5,7,10H2,(H,20,21). The molecule has 2 aromatic heterocycles. The lowest BCUT2D eigenvalue weighted by Gasteiger charge is -2.03. The van der Waals surface area contributed by atoms with Crippen molar-refractivity contribution in [2.45, 2.75) is 19.3 Å². The van der Waals surface area contributed by atoms with Crippen LogP contribution in [0.4, 0.5) is 0 Å². The van der Waals surface area contributed by atoms with Crippen molar-refractivity contribution in [2.75, 3.05) is 0 Å². The summed E-state index contributed by atoms with van der Waals surface area (Å²) < 4.78 is 0. The average Bonchev–Trinajstić information content (AvgIpc) is 2.87. The van der Waals surface area contributed by atoms with E-state index < -0.39 is 5.97 Å². The van der Waals surface area contributed by atoms with Crippen LogP contribution in [-0.4, -0.2) is 21.0 Å². The number of benzene rings is 1. The molecule has 106 valence electrons. The van der Waals surface area contributed by atoms with Gasteiger partial charge in [-0.3, -0.25) is 9.78 Å². The van der Waals surface area contributed by atoms with Gasteiger partial charge in [0.05, 0.1) is 11.4 Å². The fourth-order valence-electron chi connectivity index (χ4n) is 2.61. The molecule has 2 heterocycles. The quantitative estimate of drug-likeness (QED) is 0.750. The first-order valence-corrected chi connectivity index (χ1v) is 6.98. The molecular formula is C17H16N2O2. The molecule has 0 bridgehead atoms. The number of aromatic nitrogens is 2. The first-order chi connectivity index (χ1) is 10.3. The van der Waals surface area contributed by atoms with Crippen molar-refractivity contribution in [3.05, 3.63) is 54.2 Å². The molecular weight excluding hydrogens is 264 g/mol. The summed E-state index contributed by atoms with van der Waals surface area (Å²) in [6.07, 6.45) is 3.29. The van der Waals surface area contributed by atoms with Crippen molar-refractivity contribution in [1.29, 1.82) is 0 Å². The van der Waals surface area contributed by atoms with Gasteiger partial charge in [-0.1, -0.05) is 24.3 Å². The molecule has 0 aliphatic heterocycles. The summed E-state index contributed by atoms with van der Waals surface area (Å²) in [5.74, 6) is -0.755. The monoisotopic (exact) mass is 280 g/mol. The van der Waals surface area contributed by atoms with E-state index in [4.69, 9.17) is 5.11 Å². The highest BCUT2D eigenvalue weighted by Crippen LogP contribution is 2.30. The number of pyridine rings is 1. The van der Waals surface area contributed by atoms with Gasteiger partial charge < -0.3 is 10.1 Å². The topological polar surface area (TPSA) is 66.0 Å². The molecule has 0 saturated carbocycles. The zero-order valence-corrected chi connectivity index (χ0v) is 11.5. The SMILES string of the molecule is O=C(O)CCCc1c(-c2ccccn2)[nH]c2ccccc12. The van der Waals surface area contributed by atoms with Crippen molar-refractivity contribution in [3.8, 4) is 11.4 Å². The number of nitrogens with one attached hydrogen (secondary N) is 1. The lowest BCUT2D eigenvalue weighted by atomic mass is 10.0. The Balaban J connectivity index is 2.04. The number of fused-ring (bicyclic) bond motifs is 1. The molecule has 0 saturated heterocycles. The van der Waals surface area contributed by atoms with E-state index in [2.05, 4.69) is 16.0 Å². The number of rotatable bonds is 5. The maximum atomic E-state index is 10.7. The molecule has 4 nitrogen and oxygen atoms in total. The molecule has 0 radical (unpaired) electrons. The van der Waals surface area contributed by atoms with Crippen LogP contribution in [0.3, 0.4) is 0 Å². The van der Waals surface area contributed by atoms with Gasteiger partial charge in [-0.05, 0) is 36.6 Å². The number of carboxylic acids is 1. The van der Waals surface area contributed by atoms with E-state index in [0.29, 0.717) is 6.42 Å². The van der Waals surface area contributed by atoms with Gasteiger partial charge in [-0.2, -0.15) is 0 Å². The first-order valence-electron chi connectivity index (χ1n) is 6.98. The average molecular weight is 280 g/mol. The van der Waals surface area contributed by atoms with Crippen LogP contribution < -0.4 is 0 Å². The number of aromatic amines is 1. The van der Waals surface area contributed by atoms with Crippen molar-refractivity contribution in [1.82, 2.24) is 9.97 Å². The lowest BCUT2D eigenvalue weighted by Crippen LogP contribution is -1.97. The highest BCUT2D eigenvalue weighted by Gasteiger charge is 2.13. The summed E-state index contributed by atoms with van der Waals surface area (Å²) in [6.45, 7) is 0. The third kappa shape index (κ3) is 2.79. The molecule has 3 rings (SSSR count). The Kier molecular flexibility index (Phi) is 3.69. The molecule has 0 unspecified atom stereocenters. The van der Waals surface area contributed by atoms with E-state index in [1.807, 2.05) is 36.4 Å². The highest BCUT2D eigenvalue weighted by molar-refractivity contribution is 5.90. The number of carboxylic acid groups (broad SMARTS) is 1. The summed E-state index contributed by atoms with van der Waals surface area (Å²) in [5.41, 5.74) is 4.08. The number of hydrogen-bond acceptors (Lipinski definition) is 2. The molecule has 0 spiro atoms. The molecule has 0 fully saturated rings. The van der Waals surface area contributed by atoms with E-state index in [0.717, 1.165) is 34.3 Å². The van der Waals surface area contributed by atoms with E-state index >= 15 is 0 Å². The number of nitrogens with zero attached hydrogens (tertiary/aromatic N) is 1. The van der Waals surface area contributed by atoms with Gasteiger partial charge in [0.15, 0.2) is 0 Å². The zero-order valence-electron chi connectivity index (χ0n) is 11.5. The molecule has 1 aromatic carbocycles. The van der Waals surface area contributed by atoms with E-state index in [1.165, 1.54) is 0 Å². The maximum Gasteiger partial charge on any atom is 0.303 e. The molecule has 0 aliphatic carbocycles. The smallest absolute Gasteiger partial charge is 0.303 e. The fraction of sp³-hybridized carbons (Fsp3) is 0.176. The van der Waals surface area contributed by atoms with Crippen LogP contribution in [0.2, 0.25) is 0 Å². The third-order valence-electron chi connectivity index (χ3n) is 3.55. The van der Waals surface area contributed by atoms with Crippen LogP contribution in [0.1, 0.15) is 18.4 Å². The van der Waals surface area contributed by atoms with Gasteiger partial charge in [0, 0.05) is 23.5 Å². The number of hydrogen-bond donors (Lipinski definition) is 2. The largest absolute Gasteiger partial charge is 0.481 e. The Morgan fingerprint density at radius 3 is 2.71 bits per heavy atom. The van der Waals surface area contributed by atoms with Crippen LogP contribution in [-0.2, 0) is 11.2 Å². The second-order valence-corrected chi connectivity index (χ2v) is 4.99. The van der Waals surface area contributed by atoms with Crippen molar-refractivity contribution < 1.29 is 9.90 Å². The van der Waals surface area contributed by atoms with E-state index in [-0.39, 0.29) is 6.42 Å². The van der Waals surface area contributed by atoms with Crippen LogP contribution in [0, 0.1) is 0 Å². The van der Waals surface area contributed by atoms with Gasteiger partial charge in [0.25, 0.3) is 0 Å². The Morgan fingerprint density at radius 2 is 1.95 bits per heavy atom. The van der Waals surface area contributed by atoms with Crippen molar-refractivity contribution >= 4 is 16.9 Å². The summed E-state index contributed by atoms with van der Waals surface area (Å²) in [7, 11) is 0. The van der Waals surface area contributed by atoms with Gasteiger partial charge in [0.2, 0.25) is 0 Å². The van der Waals surface area contributed by atoms with Gasteiger partial charge in [-0.15, -0.1) is 0 Å². The summed E-state index contributed by atoms with van der Waals surface area (Å²) in [5, 5.41) is 9.96. The maximum absolute atomic E-state index is 10.7. The second-order valence-electron chi connectivity index (χ2n) is 4.99. The van der Waals surface area contributed by atoms with E-state index in [1.54, 1.807) is 6.20 Å². The Hall–Kier alpha value is -2.62. The molecule has 0 atom stereocenters. The second kappa shape index (κ2) is 5.79. The molecule has 0 aliphatic rings. The Morgan fingerprint density at radius 1 is 1.14 bits per heavy atom. The predicted octanol–water partition coefficient (Wildman–Crippen LogP) is 3.64. The van der Waals surface area contributed by atoms with Gasteiger partial charge in [-0.25, -0.2) is 0 Å². The predicted molar refractivity (Wildman–Crippen MR) is 82.1 cm³/mol. The van der Waals surface area contributed by atoms with Crippen molar-refractivity contribution in [2.24, 2.45) is 0 Å². The van der Waals surface area contributed by atoms with E-state index in [9.17, 15) is 4.79 Å². The number of aryl methyl sites for hydroxylation is 1. The minimum atomic E-state index is -0.755. The van der Waals surface area contributed by atoms with Crippen molar-refractivity contribution in [3.63, 3.8) is 0 Å². The molecule has 21 heavy (non-hydrogen) atoms. The number of H-pyrrole nitrogens is 1. The van der Waals surface area contributed by atoms with Crippen LogP contribution in [0.25, 0.3) is 22.3 Å². The minimum absolute atomic E-state index is 0.182. The third-order valence-corrected chi connectivity index (χ3v) is 3.55. The van der Waals surface area contributed by atoms with Crippen LogP contribution >= 0.6 is 0 Å². The summed E-state index contributed by atoms with van der Waals surface area (Å²) in [6, 6.07) is 13.9. The molecule has 2 N–H and O–H groups in total. The highest BCUT2D eigenvalue weighted by atomic mass is 16.4. The molecule has 4 heteroatoms.